The van der Waals surface area contributed by atoms with Crippen LogP contribution in [0.15, 0.2) is 24.3 Å². The minimum atomic E-state index is -2.60. The van der Waals surface area contributed by atoms with Gasteiger partial charge in [0.25, 0.3) is 5.91 Å². The number of nitrogens with zero attached hydrogens (tertiary/aromatic N) is 1. The van der Waals surface area contributed by atoms with Crippen molar-refractivity contribution in [3.05, 3.63) is 35.5 Å². The molecule has 134 valence electrons. The summed E-state index contributed by atoms with van der Waals surface area (Å²) in [5.41, 5.74) is 7.89. The van der Waals surface area contributed by atoms with E-state index in [0.717, 1.165) is 23.0 Å². The van der Waals surface area contributed by atoms with E-state index in [1.54, 1.807) is 0 Å². The van der Waals surface area contributed by atoms with Crippen molar-refractivity contribution >= 4 is 16.8 Å². The lowest BCUT2D eigenvalue weighted by Crippen LogP contribution is -2.33. The van der Waals surface area contributed by atoms with Crippen LogP contribution in [0, 0.1) is 5.92 Å². The second-order valence-corrected chi connectivity index (χ2v) is 7.29. The molecule has 1 aromatic heterocycles. The smallest absolute Gasteiger partial charge is 0.251 e. The van der Waals surface area contributed by atoms with Gasteiger partial charge in [-0.3, -0.25) is 4.79 Å². The highest BCUT2D eigenvalue weighted by Gasteiger charge is 2.38. The number of hydrogen-bond donors (Lipinski definition) is 1. The maximum atomic E-state index is 13.8. The van der Waals surface area contributed by atoms with E-state index in [-0.39, 0.29) is 24.8 Å². The van der Waals surface area contributed by atoms with Gasteiger partial charge in [-0.2, -0.15) is 0 Å². The van der Waals surface area contributed by atoms with E-state index in [2.05, 4.69) is 4.57 Å². The van der Waals surface area contributed by atoms with Gasteiger partial charge in [-0.25, -0.2) is 8.78 Å². The number of amides is 1. The Labute approximate surface area is 144 Å². The van der Waals surface area contributed by atoms with Gasteiger partial charge in [0.2, 0.25) is 5.92 Å². The molecule has 2 fully saturated rings. The van der Waals surface area contributed by atoms with Crippen molar-refractivity contribution in [2.45, 2.75) is 44.1 Å². The molecule has 1 aliphatic carbocycles. The molecule has 1 saturated carbocycles. The third-order valence-electron chi connectivity index (χ3n) is 5.47. The van der Waals surface area contributed by atoms with Crippen molar-refractivity contribution in [2.75, 3.05) is 13.2 Å². The number of primary amides is 1. The fraction of sp³-hybridized carbons (Fsp3) is 0.526. The van der Waals surface area contributed by atoms with E-state index in [1.165, 1.54) is 0 Å². The van der Waals surface area contributed by atoms with Crippen LogP contribution in [0.25, 0.3) is 10.9 Å². The maximum absolute atomic E-state index is 13.8. The monoisotopic (exact) mass is 348 g/mol. The van der Waals surface area contributed by atoms with Crippen molar-refractivity contribution < 1.29 is 18.3 Å². The molecular weight excluding hydrogens is 326 g/mol. The molecule has 0 spiro atoms. The number of nitrogens with two attached hydrogens (primary N) is 1. The lowest BCUT2D eigenvalue weighted by atomic mass is 9.83. The Kier molecular flexibility index (Phi) is 4.02. The van der Waals surface area contributed by atoms with Gasteiger partial charge in [0.1, 0.15) is 0 Å². The first-order valence-corrected chi connectivity index (χ1v) is 8.83. The Hall–Kier alpha value is -1.95. The molecule has 2 N–H and O–H groups in total. The van der Waals surface area contributed by atoms with Gasteiger partial charge in [-0.05, 0) is 31.2 Å². The normalized spacial score (nSPS) is 23.5. The molecule has 4 nitrogen and oxygen atoms in total. The van der Waals surface area contributed by atoms with Gasteiger partial charge >= 0.3 is 0 Å². The van der Waals surface area contributed by atoms with Crippen LogP contribution in [-0.2, 0) is 11.2 Å². The Morgan fingerprint density at radius 1 is 1.32 bits per heavy atom. The van der Waals surface area contributed by atoms with Gasteiger partial charge in [0.15, 0.2) is 0 Å². The van der Waals surface area contributed by atoms with Gasteiger partial charge in [0, 0.05) is 29.4 Å². The fourth-order valence-corrected chi connectivity index (χ4v) is 4.30. The van der Waals surface area contributed by atoms with E-state index in [4.69, 9.17) is 10.5 Å². The van der Waals surface area contributed by atoms with Crippen molar-refractivity contribution in [1.29, 1.82) is 0 Å². The van der Waals surface area contributed by atoms with Gasteiger partial charge in [0.05, 0.1) is 24.8 Å². The van der Waals surface area contributed by atoms with Gasteiger partial charge in [-0.15, -0.1) is 0 Å². The predicted octanol–water partition coefficient (Wildman–Crippen LogP) is 3.68. The van der Waals surface area contributed by atoms with Crippen molar-refractivity contribution in [2.24, 2.45) is 11.7 Å². The summed E-state index contributed by atoms with van der Waals surface area (Å²) in [4.78, 5) is 12.2. The number of aromatic nitrogens is 1. The van der Waals surface area contributed by atoms with Crippen LogP contribution < -0.4 is 5.73 Å². The standard InChI is InChI=1S/C19H22F2N2O2/c20-19(21)7-3-4-12(9-19)8-16-17(18(22)24)14-5-1-2-6-15(14)23(16)13-10-25-11-13/h1-2,5-6,12-13H,3-4,7-11H2,(H2,22,24)/t12-/m1/s1. The van der Waals surface area contributed by atoms with E-state index in [9.17, 15) is 13.6 Å². The fourth-order valence-electron chi connectivity index (χ4n) is 4.30. The molecule has 2 aliphatic rings. The molecule has 1 atom stereocenters. The van der Waals surface area contributed by atoms with Crippen molar-refractivity contribution in [3.63, 3.8) is 0 Å². The first kappa shape index (κ1) is 16.5. The highest BCUT2D eigenvalue weighted by Crippen LogP contribution is 2.40. The summed E-state index contributed by atoms with van der Waals surface area (Å²) in [5, 5.41) is 0.805. The third kappa shape index (κ3) is 2.92. The number of carbonyl (C=O) groups is 1. The molecule has 0 unspecified atom stereocenters. The second-order valence-electron chi connectivity index (χ2n) is 7.29. The zero-order valence-electron chi connectivity index (χ0n) is 14.0. The number of ether oxygens (including phenoxy) is 1. The number of hydrogen-bond acceptors (Lipinski definition) is 2. The van der Waals surface area contributed by atoms with Crippen LogP contribution in [0.2, 0.25) is 0 Å². The van der Waals surface area contributed by atoms with Crippen LogP contribution in [-0.4, -0.2) is 29.6 Å². The SMILES string of the molecule is NC(=O)c1c(C[C@H]2CCCC(F)(F)C2)n(C2COC2)c2ccccc12. The van der Waals surface area contributed by atoms with E-state index in [1.807, 2.05) is 24.3 Å². The summed E-state index contributed by atoms with van der Waals surface area (Å²) in [6, 6.07) is 7.76. The number of alkyl halides is 2. The van der Waals surface area contributed by atoms with E-state index < -0.39 is 11.8 Å². The summed E-state index contributed by atoms with van der Waals surface area (Å²) in [5.74, 6) is -3.23. The quantitative estimate of drug-likeness (QED) is 0.916. The molecule has 25 heavy (non-hydrogen) atoms. The zero-order valence-corrected chi connectivity index (χ0v) is 14.0. The number of para-hydroxylation sites is 1. The highest BCUT2D eigenvalue weighted by atomic mass is 19.3. The highest BCUT2D eigenvalue weighted by molar-refractivity contribution is 6.07. The molecule has 1 aromatic carbocycles. The van der Waals surface area contributed by atoms with E-state index >= 15 is 0 Å². The molecule has 0 bridgehead atoms. The second kappa shape index (κ2) is 6.09. The summed E-state index contributed by atoms with van der Waals surface area (Å²) in [6.07, 6.45) is 1.59. The van der Waals surface area contributed by atoms with Crippen LogP contribution in [0.3, 0.4) is 0 Å². The van der Waals surface area contributed by atoms with Gasteiger partial charge in [-0.1, -0.05) is 18.2 Å². The number of halogens is 2. The minimum Gasteiger partial charge on any atom is -0.377 e. The molecule has 1 saturated heterocycles. The van der Waals surface area contributed by atoms with Crippen molar-refractivity contribution in [3.8, 4) is 0 Å². The molecule has 1 aliphatic heterocycles. The first-order valence-electron chi connectivity index (χ1n) is 8.83. The number of benzene rings is 1. The Balaban J connectivity index is 1.80. The molecule has 4 rings (SSSR count). The Bertz CT molecular complexity index is 811. The Morgan fingerprint density at radius 3 is 2.72 bits per heavy atom. The maximum Gasteiger partial charge on any atom is 0.251 e. The number of fused-ring (bicyclic) bond motifs is 1. The lowest BCUT2D eigenvalue weighted by molar-refractivity contribution is -0.0531. The van der Waals surface area contributed by atoms with Gasteiger partial charge < -0.3 is 15.0 Å². The molecular formula is C19H22F2N2O2. The average molecular weight is 348 g/mol. The third-order valence-corrected chi connectivity index (χ3v) is 5.47. The topological polar surface area (TPSA) is 57.2 Å². The Morgan fingerprint density at radius 2 is 2.08 bits per heavy atom. The molecule has 0 radical (unpaired) electrons. The molecule has 2 aromatic rings. The first-order chi connectivity index (χ1) is 12.0. The number of carbonyl (C=O) groups excluding carboxylic acids is 1. The lowest BCUT2D eigenvalue weighted by Gasteiger charge is -2.33. The summed E-state index contributed by atoms with van der Waals surface area (Å²) in [7, 11) is 0. The van der Waals surface area contributed by atoms with Crippen molar-refractivity contribution in [1.82, 2.24) is 4.57 Å². The van der Waals surface area contributed by atoms with Crippen LogP contribution in [0.5, 0.6) is 0 Å². The minimum absolute atomic E-state index is 0.0361. The largest absolute Gasteiger partial charge is 0.377 e. The summed E-state index contributed by atoms with van der Waals surface area (Å²) in [6.45, 7) is 1.15. The average Bonchev–Trinajstić information content (AvgIpc) is 2.79. The predicted molar refractivity (Wildman–Crippen MR) is 90.9 cm³/mol. The van der Waals surface area contributed by atoms with Crippen LogP contribution in [0.4, 0.5) is 8.78 Å². The molecule has 2 heterocycles. The molecule has 6 heteroatoms. The number of rotatable bonds is 4. The zero-order chi connectivity index (χ0) is 17.6. The van der Waals surface area contributed by atoms with Crippen LogP contribution in [0.1, 0.15) is 47.8 Å². The summed E-state index contributed by atoms with van der Waals surface area (Å²) >= 11 is 0. The summed E-state index contributed by atoms with van der Waals surface area (Å²) < 4.78 is 35.1. The molecule has 1 amide bonds. The van der Waals surface area contributed by atoms with E-state index in [0.29, 0.717) is 31.6 Å². The van der Waals surface area contributed by atoms with Crippen LogP contribution >= 0.6 is 0 Å².